The molecule has 174 valence electrons. The second kappa shape index (κ2) is 10.8. The van der Waals surface area contributed by atoms with Crippen LogP contribution in [-0.4, -0.2) is 43.7 Å². The van der Waals surface area contributed by atoms with Crippen LogP contribution in [0.1, 0.15) is 32.2 Å². The molecule has 4 rings (SSSR count). The Morgan fingerprint density at radius 2 is 1.59 bits per heavy atom. The van der Waals surface area contributed by atoms with Crippen molar-refractivity contribution in [1.82, 2.24) is 10.2 Å². The Hall–Kier alpha value is -1.96. The molecule has 2 aromatic carbocycles. The van der Waals surface area contributed by atoms with E-state index in [1.807, 2.05) is 24.0 Å². The predicted molar refractivity (Wildman–Crippen MR) is 132 cm³/mol. The molecule has 3 aromatic rings. The van der Waals surface area contributed by atoms with Crippen molar-refractivity contribution in [3.63, 3.8) is 0 Å². The summed E-state index contributed by atoms with van der Waals surface area (Å²) in [6.07, 6.45) is 0.137. The summed E-state index contributed by atoms with van der Waals surface area (Å²) in [6, 6.07) is 20.8. The molecule has 0 radical (unpaired) electrons. The number of carbonyl (C=O) groups excluding carboxylic acids is 1. The molecule has 0 saturated carbocycles. The van der Waals surface area contributed by atoms with E-state index < -0.39 is 20.2 Å². The number of hydrogen-bond donors (Lipinski definition) is 0. The number of hydrogen-bond acceptors (Lipinski definition) is 7. The van der Waals surface area contributed by atoms with Crippen molar-refractivity contribution in [2.45, 2.75) is 45.3 Å². The van der Waals surface area contributed by atoms with Gasteiger partial charge < -0.3 is 19.2 Å². The molecular weight excluding hydrogens is 457 g/mol. The number of piperidine rings is 1. The predicted octanol–water partition coefficient (Wildman–Crippen LogP) is -0.628. The molecule has 0 aliphatic carbocycles. The molecule has 2 heterocycles. The summed E-state index contributed by atoms with van der Waals surface area (Å²) in [5.41, 5.74) is 0. The minimum atomic E-state index is -2.80. The Kier molecular flexibility index (Phi) is 8.43. The molecule has 0 spiro atoms. The summed E-state index contributed by atoms with van der Waals surface area (Å²) in [7, 11) is -2.80. The number of carbonyl (C=O) groups is 1. The van der Waals surface area contributed by atoms with Crippen molar-refractivity contribution in [2.75, 3.05) is 18.0 Å². The van der Waals surface area contributed by atoms with Gasteiger partial charge >= 0.3 is 18.9 Å². The number of nitrogens with zero attached hydrogens (tertiary/aromatic N) is 3. The van der Waals surface area contributed by atoms with Crippen molar-refractivity contribution in [2.24, 2.45) is 5.92 Å². The Labute approximate surface area is 218 Å². The van der Waals surface area contributed by atoms with Gasteiger partial charge in [-0.05, 0) is 28.8 Å². The van der Waals surface area contributed by atoms with Gasteiger partial charge in [0.05, 0.1) is 6.10 Å². The van der Waals surface area contributed by atoms with Crippen LogP contribution in [0.15, 0.2) is 60.7 Å². The summed E-state index contributed by atoms with van der Waals surface area (Å²) in [5.74, 6) is -1.68. The van der Waals surface area contributed by atoms with Crippen LogP contribution in [0, 0.1) is 12.8 Å². The Morgan fingerprint density at radius 3 is 2.03 bits per heavy atom. The van der Waals surface area contributed by atoms with Crippen LogP contribution >= 0.6 is 11.3 Å². The van der Waals surface area contributed by atoms with Gasteiger partial charge in [-0.1, -0.05) is 92.8 Å². The largest absolute Gasteiger partial charge is 1.00 e. The molecule has 6 nitrogen and oxygen atoms in total. The van der Waals surface area contributed by atoms with Crippen LogP contribution in [0.2, 0.25) is 5.04 Å². The SMILES string of the molecule is Cc1nnc(N2C[C@H](O[Si](c3ccccc3)(c3ccccc3)C(C)(C)C)C[C@H](C(=O)[O-])C2)s1.[Li+]. The van der Waals surface area contributed by atoms with Crippen molar-refractivity contribution >= 4 is 41.1 Å². The molecule has 0 N–H and O–H groups in total. The Bertz CT molecular complexity index is 1050. The van der Waals surface area contributed by atoms with Gasteiger partial charge in [0, 0.05) is 25.0 Å². The summed E-state index contributed by atoms with van der Waals surface area (Å²) in [5, 5.41) is 24.1. The van der Waals surface area contributed by atoms with E-state index in [1.54, 1.807) is 0 Å². The number of rotatable bonds is 6. The molecule has 0 unspecified atom stereocenters. The Balaban J connectivity index is 0.00000324. The summed E-state index contributed by atoms with van der Waals surface area (Å²) >= 11 is 1.47. The van der Waals surface area contributed by atoms with Gasteiger partial charge in [-0.25, -0.2) is 0 Å². The maximum atomic E-state index is 12.0. The van der Waals surface area contributed by atoms with E-state index in [4.69, 9.17) is 4.43 Å². The Morgan fingerprint density at radius 1 is 1.03 bits per heavy atom. The fraction of sp³-hybridized carbons (Fsp3) is 0.400. The monoisotopic (exact) mass is 487 g/mol. The third-order valence-electron chi connectivity index (χ3n) is 6.29. The average Bonchev–Trinajstić information content (AvgIpc) is 3.24. The van der Waals surface area contributed by atoms with Crippen LogP contribution in [0.3, 0.4) is 0 Å². The van der Waals surface area contributed by atoms with E-state index in [-0.39, 0.29) is 30.0 Å². The third-order valence-corrected chi connectivity index (χ3v) is 12.3. The van der Waals surface area contributed by atoms with Gasteiger partial charge in [0.1, 0.15) is 5.01 Å². The van der Waals surface area contributed by atoms with Gasteiger partial charge in [-0.15, -0.1) is 10.2 Å². The normalized spacial score (nSPS) is 18.9. The van der Waals surface area contributed by atoms with Crippen LogP contribution in [0.4, 0.5) is 5.13 Å². The molecule has 1 aromatic heterocycles. The number of carboxylic acid groups (broad SMARTS) is 1. The second-order valence-electron chi connectivity index (χ2n) is 9.66. The standard InChI is InChI=1S/C25H31N3O3SSi.Li/c1-18-26-27-24(32-18)28-16-19(23(29)30)15-20(17-28)31-33(25(2,3)4,21-11-7-5-8-12-21)22-13-9-6-10-14-22;/h5-14,19-20H,15-17H2,1-4H3,(H,29,30);/q;+1/p-1/t19-,20+;/m0./s1. The maximum absolute atomic E-state index is 12.0. The molecule has 34 heavy (non-hydrogen) atoms. The van der Waals surface area contributed by atoms with Crippen LogP contribution < -0.4 is 39.2 Å². The molecular formula is C25H30LiN3O3SSi. The minimum Gasteiger partial charge on any atom is -0.550 e. The number of aliphatic carboxylic acids is 1. The van der Waals surface area contributed by atoms with Gasteiger partial charge in [0.2, 0.25) is 5.13 Å². The average molecular weight is 488 g/mol. The van der Waals surface area contributed by atoms with Gasteiger partial charge in [0.25, 0.3) is 8.32 Å². The fourth-order valence-electron chi connectivity index (χ4n) is 4.82. The third kappa shape index (κ3) is 5.32. The summed E-state index contributed by atoms with van der Waals surface area (Å²) < 4.78 is 7.22. The molecule has 1 saturated heterocycles. The van der Waals surface area contributed by atoms with Crippen LogP contribution in [0.25, 0.3) is 0 Å². The van der Waals surface area contributed by atoms with Crippen molar-refractivity contribution in [3.05, 3.63) is 65.7 Å². The van der Waals surface area contributed by atoms with Crippen LogP contribution in [-0.2, 0) is 9.22 Å². The number of benzene rings is 2. The van der Waals surface area contributed by atoms with E-state index >= 15 is 0 Å². The van der Waals surface area contributed by atoms with E-state index in [9.17, 15) is 9.90 Å². The van der Waals surface area contributed by atoms with Crippen LogP contribution in [0.5, 0.6) is 0 Å². The second-order valence-corrected chi connectivity index (χ2v) is 15.1. The molecule has 9 heteroatoms. The van der Waals surface area contributed by atoms with Crippen molar-refractivity contribution in [1.29, 1.82) is 0 Å². The first-order valence-corrected chi connectivity index (χ1v) is 14.0. The van der Waals surface area contributed by atoms with Gasteiger partial charge in [-0.2, -0.15) is 0 Å². The quantitative estimate of drug-likeness (QED) is 0.431. The number of carboxylic acids is 1. The van der Waals surface area contributed by atoms with E-state index in [2.05, 4.69) is 79.5 Å². The molecule has 0 amide bonds. The first-order chi connectivity index (χ1) is 15.7. The number of aryl methyl sites for hydroxylation is 1. The zero-order valence-electron chi connectivity index (χ0n) is 20.5. The number of aromatic nitrogens is 2. The molecule has 2 atom stereocenters. The van der Waals surface area contributed by atoms with E-state index in [0.717, 1.165) is 10.1 Å². The summed E-state index contributed by atoms with van der Waals surface area (Å²) in [4.78, 5) is 14.0. The fourth-order valence-corrected chi connectivity index (χ4v) is 10.2. The van der Waals surface area contributed by atoms with E-state index in [0.29, 0.717) is 19.5 Å². The van der Waals surface area contributed by atoms with Crippen molar-refractivity contribution < 1.29 is 33.2 Å². The topological polar surface area (TPSA) is 78.4 Å². The first kappa shape index (κ1) is 26.6. The molecule has 1 aliphatic heterocycles. The van der Waals surface area contributed by atoms with Crippen molar-refractivity contribution in [3.8, 4) is 0 Å². The first-order valence-electron chi connectivity index (χ1n) is 11.3. The number of anilines is 1. The van der Waals surface area contributed by atoms with E-state index in [1.165, 1.54) is 21.7 Å². The molecule has 1 fully saturated rings. The zero-order valence-corrected chi connectivity index (χ0v) is 22.3. The smallest absolute Gasteiger partial charge is 0.550 e. The minimum absolute atomic E-state index is 0. The van der Waals surface area contributed by atoms with Gasteiger partial charge in [0.15, 0.2) is 0 Å². The molecule has 0 bridgehead atoms. The maximum Gasteiger partial charge on any atom is 1.00 e. The summed E-state index contributed by atoms with van der Waals surface area (Å²) in [6.45, 7) is 9.51. The van der Waals surface area contributed by atoms with Gasteiger partial charge in [-0.3, -0.25) is 0 Å². The molecule has 1 aliphatic rings. The zero-order chi connectivity index (χ0) is 23.6.